The molecule has 6 nitrogen and oxygen atoms in total. The summed E-state index contributed by atoms with van der Waals surface area (Å²) in [5, 5.41) is 3.63. The van der Waals surface area contributed by atoms with Crippen LogP contribution in [0, 0.1) is 0 Å². The van der Waals surface area contributed by atoms with Crippen molar-refractivity contribution < 1.29 is 9.59 Å². The number of amides is 2. The highest BCUT2D eigenvalue weighted by Crippen LogP contribution is 2.30. The monoisotopic (exact) mass is 292 g/mol. The van der Waals surface area contributed by atoms with Gasteiger partial charge in [-0.15, -0.1) is 0 Å². The van der Waals surface area contributed by atoms with Crippen molar-refractivity contribution >= 4 is 34.2 Å². The summed E-state index contributed by atoms with van der Waals surface area (Å²) in [5.74, 6) is -0.444. The number of para-hydroxylation sites is 2. The lowest BCUT2D eigenvalue weighted by Crippen LogP contribution is -2.42. The molecule has 1 aromatic carbocycles. The van der Waals surface area contributed by atoms with Crippen LogP contribution in [0.4, 0.5) is 11.4 Å². The molecule has 2 amide bonds. The minimum atomic E-state index is -0.238. The van der Waals surface area contributed by atoms with E-state index in [4.69, 9.17) is 0 Å². The number of H-pyrrole nitrogens is 1. The van der Waals surface area contributed by atoms with Gasteiger partial charge in [-0.3, -0.25) is 14.5 Å². The van der Waals surface area contributed by atoms with E-state index in [0.717, 1.165) is 11.0 Å². The van der Waals surface area contributed by atoms with Crippen molar-refractivity contribution in [3.8, 4) is 0 Å². The molecule has 1 aliphatic rings. The number of aromatic nitrogens is 2. The van der Waals surface area contributed by atoms with Gasteiger partial charge in [0, 0.05) is 17.8 Å². The van der Waals surface area contributed by atoms with Crippen molar-refractivity contribution in [3.63, 3.8) is 0 Å². The van der Waals surface area contributed by atoms with E-state index in [0.29, 0.717) is 16.9 Å². The third-order valence-corrected chi connectivity index (χ3v) is 3.66. The predicted molar refractivity (Wildman–Crippen MR) is 82.8 cm³/mol. The van der Waals surface area contributed by atoms with E-state index in [2.05, 4.69) is 15.3 Å². The van der Waals surface area contributed by atoms with Gasteiger partial charge >= 0.3 is 0 Å². The first kappa shape index (κ1) is 12.6. The minimum Gasteiger partial charge on any atom is -0.346 e. The number of benzene rings is 1. The molecule has 0 unspecified atom stereocenters. The van der Waals surface area contributed by atoms with Crippen LogP contribution in [-0.4, -0.2) is 28.3 Å². The van der Waals surface area contributed by atoms with E-state index in [9.17, 15) is 9.59 Å². The Bertz CT molecular complexity index is 900. The van der Waals surface area contributed by atoms with Gasteiger partial charge in [0.25, 0.3) is 5.91 Å². The Morgan fingerprint density at radius 2 is 2.09 bits per heavy atom. The molecule has 0 saturated heterocycles. The van der Waals surface area contributed by atoms with Crippen LogP contribution in [0.3, 0.4) is 0 Å². The molecule has 4 rings (SSSR count). The first-order valence-electron chi connectivity index (χ1n) is 6.86. The third-order valence-electron chi connectivity index (χ3n) is 3.66. The number of hydrogen-bond donors (Lipinski definition) is 2. The van der Waals surface area contributed by atoms with Gasteiger partial charge in [-0.2, -0.15) is 0 Å². The highest BCUT2D eigenvalue weighted by atomic mass is 16.2. The molecule has 3 heterocycles. The normalized spacial score (nSPS) is 13.8. The van der Waals surface area contributed by atoms with Crippen molar-refractivity contribution in [1.29, 1.82) is 0 Å². The fourth-order valence-corrected chi connectivity index (χ4v) is 2.63. The number of rotatable bonds is 1. The van der Waals surface area contributed by atoms with Crippen LogP contribution in [0.15, 0.2) is 48.8 Å². The van der Waals surface area contributed by atoms with Gasteiger partial charge in [-0.1, -0.05) is 12.1 Å². The quantitative estimate of drug-likeness (QED) is 0.721. The van der Waals surface area contributed by atoms with E-state index in [1.54, 1.807) is 18.3 Å². The standard InChI is InChI=1S/C16H12N4O2/c21-14-9-20(13-4-2-1-3-12(13)19-14)16(22)11-7-10-5-6-17-15(10)18-8-11/h1-8H,9H2,(H,17,18)(H,19,21). The van der Waals surface area contributed by atoms with Gasteiger partial charge in [0.05, 0.1) is 16.9 Å². The molecule has 3 aromatic rings. The second-order valence-corrected chi connectivity index (χ2v) is 5.10. The largest absolute Gasteiger partial charge is 0.346 e. The molecular weight excluding hydrogens is 280 g/mol. The third kappa shape index (κ3) is 1.93. The Hall–Kier alpha value is -3.15. The number of carbonyl (C=O) groups is 2. The molecule has 1 aliphatic heterocycles. The lowest BCUT2D eigenvalue weighted by atomic mass is 10.1. The van der Waals surface area contributed by atoms with Crippen molar-refractivity contribution in [2.75, 3.05) is 16.8 Å². The number of fused-ring (bicyclic) bond motifs is 2. The Kier molecular flexibility index (Phi) is 2.69. The van der Waals surface area contributed by atoms with Gasteiger partial charge in [0.15, 0.2) is 0 Å². The van der Waals surface area contributed by atoms with Crippen LogP contribution in [0.25, 0.3) is 11.0 Å². The van der Waals surface area contributed by atoms with Gasteiger partial charge in [-0.05, 0) is 24.3 Å². The maximum Gasteiger partial charge on any atom is 0.260 e. The molecule has 0 aliphatic carbocycles. The topological polar surface area (TPSA) is 78.1 Å². The van der Waals surface area contributed by atoms with Crippen molar-refractivity contribution in [2.45, 2.75) is 0 Å². The molecule has 2 aromatic heterocycles. The van der Waals surface area contributed by atoms with Crippen LogP contribution in [0.2, 0.25) is 0 Å². The van der Waals surface area contributed by atoms with E-state index in [-0.39, 0.29) is 18.4 Å². The zero-order valence-corrected chi connectivity index (χ0v) is 11.5. The van der Waals surface area contributed by atoms with Crippen LogP contribution in [-0.2, 0) is 4.79 Å². The highest BCUT2D eigenvalue weighted by molar-refractivity contribution is 6.15. The molecule has 0 atom stereocenters. The van der Waals surface area contributed by atoms with Crippen molar-refractivity contribution in [3.05, 3.63) is 54.4 Å². The molecule has 0 bridgehead atoms. The number of aromatic amines is 1. The SMILES string of the molecule is O=C1CN(C(=O)c2cnc3[nH]ccc3c2)c2ccccc2N1. The summed E-state index contributed by atoms with van der Waals surface area (Å²) in [6.07, 6.45) is 3.30. The van der Waals surface area contributed by atoms with E-state index < -0.39 is 0 Å². The Labute approximate surface area is 125 Å². The summed E-state index contributed by atoms with van der Waals surface area (Å²) >= 11 is 0. The fraction of sp³-hybridized carbons (Fsp3) is 0.0625. The number of anilines is 2. The van der Waals surface area contributed by atoms with Crippen LogP contribution < -0.4 is 10.2 Å². The number of hydrogen-bond acceptors (Lipinski definition) is 3. The predicted octanol–water partition coefficient (Wildman–Crippen LogP) is 2.16. The molecule has 6 heteroatoms. The Morgan fingerprint density at radius 3 is 3.00 bits per heavy atom. The van der Waals surface area contributed by atoms with Crippen LogP contribution >= 0.6 is 0 Å². The van der Waals surface area contributed by atoms with Gasteiger partial charge < -0.3 is 10.3 Å². The lowest BCUT2D eigenvalue weighted by Gasteiger charge is -2.29. The first-order valence-corrected chi connectivity index (χ1v) is 6.86. The Morgan fingerprint density at radius 1 is 1.23 bits per heavy atom. The summed E-state index contributed by atoms with van der Waals surface area (Å²) in [5.41, 5.74) is 2.52. The second kappa shape index (κ2) is 4.70. The van der Waals surface area contributed by atoms with E-state index in [1.165, 1.54) is 11.1 Å². The fourth-order valence-electron chi connectivity index (χ4n) is 2.63. The average Bonchev–Trinajstić information content (AvgIpc) is 3.00. The molecule has 108 valence electrons. The summed E-state index contributed by atoms with van der Waals surface area (Å²) < 4.78 is 0. The molecule has 0 radical (unpaired) electrons. The zero-order valence-electron chi connectivity index (χ0n) is 11.5. The van der Waals surface area contributed by atoms with E-state index >= 15 is 0 Å². The summed E-state index contributed by atoms with van der Waals surface area (Å²) in [4.78, 5) is 33.3. The summed E-state index contributed by atoms with van der Waals surface area (Å²) in [6.45, 7) is 0.00101. The maximum absolute atomic E-state index is 12.8. The molecule has 22 heavy (non-hydrogen) atoms. The van der Waals surface area contributed by atoms with Gasteiger partial charge in [0.2, 0.25) is 5.91 Å². The average molecular weight is 292 g/mol. The smallest absolute Gasteiger partial charge is 0.260 e. The zero-order chi connectivity index (χ0) is 15.1. The van der Waals surface area contributed by atoms with Crippen LogP contribution in [0.1, 0.15) is 10.4 Å². The summed E-state index contributed by atoms with van der Waals surface area (Å²) in [6, 6.07) is 10.9. The summed E-state index contributed by atoms with van der Waals surface area (Å²) in [7, 11) is 0. The number of pyridine rings is 1. The maximum atomic E-state index is 12.8. The van der Waals surface area contributed by atoms with Gasteiger partial charge in [0.1, 0.15) is 12.2 Å². The number of nitrogens with one attached hydrogen (secondary N) is 2. The van der Waals surface area contributed by atoms with E-state index in [1.807, 2.05) is 24.3 Å². The molecule has 0 fully saturated rings. The number of nitrogens with zero attached hydrogens (tertiary/aromatic N) is 2. The molecule has 0 saturated carbocycles. The second-order valence-electron chi connectivity index (χ2n) is 5.10. The lowest BCUT2D eigenvalue weighted by molar-refractivity contribution is -0.115. The number of carbonyl (C=O) groups excluding carboxylic acids is 2. The molecule has 2 N–H and O–H groups in total. The van der Waals surface area contributed by atoms with Crippen LogP contribution in [0.5, 0.6) is 0 Å². The highest BCUT2D eigenvalue weighted by Gasteiger charge is 2.27. The first-order chi connectivity index (χ1) is 10.7. The van der Waals surface area contributed by atoms with Gasteiger partial charge in [-0.25, -0.2) is 4.98 Å². The Balaban J connectivity index is 1.77. The molecule has 0 spiro atoms. The minimum absolute atomic E-state index is 0.00101. The van der Waals surface area contributed by atoms with Crippen molar-refractivity contribution in [1.82, 2.24) is 9.97 Å². The van der Waals surface area contributed by atoms with Crippen molar-refractivity contribution in [2.24, 2.45) is 0 Å². The molecular formula is C16H12N4O2.